The highest BCUT2D eigenvalue weighted by atomic mass is 16.5. The van der Waals surface area contributed by atoms with Gasteiger partial charge in [0.25, 0.3) is 0 Å². The first-order chi connectivity index (χ1) is 14.2. The summed E-state index contributed by atoms with van der Waals surface area (Å²) in [6, 6.07) is 6.01. The summed E-state index contributed by atoms with van der Waals surface area (Å²) >= 11 is 0. The van der Waals surface area contributed by atoms with E-state index < -0.39 is 6.03 Å². The lowest BCUT2D eigenvalue weighted by Crippen LogP contribution is -2.34. The Morgan fingerprint density at radius 1 is 0.828 bits per heavy atom. The van der Waals surface area contributed by atoms with Gasteiger partial charge in [0.1, 0.15) is 5.75 Å². The zero-order valence-electron chi connectivity index (χ0n) is 18.2. The first-order valence-electron chi connectivity index (χ1n) is 11.5. The molecule has 0 saturated carbocycles. The molecule has 0 saturated heterocycles. The number of amides is 3. The normalized spacial score (nSPS) is 10.7. The molecule has 0 atom stereocenters. The zero-order chi connectivity index (χ0) is 21.2. The van der Waals surface area contributed by atoms with Gasteiger partial charge in [-0.05, 0) is 30.7 Å². The van der Waals surface area contributed by atoms with Crippen LogP contribution in [0.5, 0.6) is 5.75 Å². The van der Waals surface area contributed by atoms with Crippen LogP contribution in [0.2, 0.25) is 0 Å². The van der Waals surface area contributed by atoms with Crippen molar-refractivity contribution < 1.29 is 14.3 Å². The van der Waals surface area contributed by atoms with Crippen LogP contribution in [-0.4, -0.2) is 19.0 Å². The molecular formula is C24H40N2O3. The maximum atomic E-state index is 11.1. The number of anilines is 1. The largest absolute Gasteiger partial charge is 0.494 e. The molecule has 0 bridgehead atoms. The Balaban J connectivity index is 1.94. The molecule has 0 radical (unpaired) electrons. The Kier molecular flexibility index (Phi) is 14.5. The first-order valence-corrected chi connectivity index (χ1v) is 11.5. The number of primary amides is 1. The van der Waals surface area contributed by atoms with Gasteiger partial charge in [-0.3, -0.25) is 4.79 Å². The van der Waals surface area contributed by atoms with Crippen molar-refractivity contribution in [2.24, 2.45) is 5.73 Å². The van der Waals surface area contributed by atoms with Gasteiger partial charge in [0.15, 0.2) is 0 Å². The van der Waals surface area contributed by atoms with Crippen molar-refractivity contribution in [1.29, 1.82) is 0 Å². The van der Waals surface area contributed by atoms with E-state index in [0.29, 0.717) is 18.7 Å². The van der Waals surface area contributed by atoms with Crippen molar-refractivity contribution in [3.8, 4) is 5.75 Å². The SMILES string of the molecule is CCCCCCCCCCCCCCCCOc1ccc(N(C=O)C(N)=O)cc1. The molecule has 0 heterocycles. The van der Waals surface area contributed by atoms with Crippen molar-refractivity contribution in [2.45, 2.75) is 96.8 Å². The molecule has 5 heteroatoms. The number of unbranched alkanes of at least 4 members (excludes halogenated alkanes) is 13. The average Bonchev–Trinajstić information content (AvgIpc) is 2.72. The Labute approximate surface area is 177 Å². The molecule has 164 valence electrons. The van der Waals surface area contributed by atoms with E-state index in [1.54, 1.807) is 24.3 Å². The van der Waals surface area contributed by atoms with Crippen LogP contribution in [-0.2, 0) is 4.79 Å². The van der Waals surface area contributed by atoms with E-state index in [2.05, 4.69) is 6.92 Å². The van der Waals surface area contributed by atoms with E-state index in [0.717, 1.165) is 17.1 Å². The lowest BCUT2D eigenvalue weighted by molar-refractivity contribution is -0.106. The minimum Gasteiger partial charge on any atom is -0.494 e. The average molecular weight is 405 g/mol. The number of nitrogens with two attached hydrogens (primary N) is 1. The van der Waals surface area contributed by atoms with Crippen LogP contribution in [0.1, 0.15) is 96.8 Å². The molecule has 5 nitrogen and oxygen atoms in total. The summed E-state index contributed by atoms with van der Waals surface area (Å²) in [5.74, 6) is 0.735. The topological polar surface area (TPSA) is 72.6 Å². The Morgan fingerprint density at radius 3 is 1.69 bits per heavy atom. The predicted octanol–water partition coefficient (Wildman–Crippen LogP) is 6.59. The van der Waals surface area contributed by atoms with E-state index in [4.69, 9.17) is 10.5 Å². The summed E-state index contributed by atoms with van der Waals surface area (Å²) in [6.45, 7) is 2.95. The van der Waals surface area contributed by atoms with Crippen LogP contribution >= 0.6 is 0 Å². The van der Waals surface area contributed by atoms with Gasteiger partial charge >= 0.3 is 6.03 Å². The zero-order valence-corrected chi connectivity index (χ0v) is 18.2. The maximum Gasteiger partial charge on any atom is 0.325 e. The van der Waals surface area contributed by atoms with Gasteiger partial charge < -0.3 is 10.5 Å². The molecule has 0 spiro atoms. The molecular weight excluding hydrogens is 364 g/mol. The molecule has 3 amide bonds. The van der Waals surface area contributed by atoms with Crippen LogP contribution in [0.3, 0.4) is 0 Å². The molecule has 1 aromatic rings. The Morgan fingerprint density at radius 2 is 1.28 bits per heavy atom. The van der Waals surface area contributed by atoms with Gasteiger partial charge in [0.05, 0.1) is 12.3 Å². The third-order valence-corrected chi connectivity index (χ3v) is 5.22. The van der Waals surface area contributed by atoms with Gasteiger partial charge in [-0.1, -0.05) is 90.4 Å². The van der Waals surface area contributed by atoms with Crippen LogP contribution < -0.4 is 15.4 Å². The molecule has 0 aromatic heterocycles. The highest BCUT2D eigenvalue weighted by Gasteiger charge is 2.10. The second-order valence-corrected chi connectivity index (χ2v) is 7.75. The predicted molar refractivity (Wildman–Crippen MR) is 120 cm³/mol. The summed E-state index contributed by atoms with van der Waals surface area (Å²) in [5.41, 5.74) is 5.58. The molecule has 1 aromatic carbocycles. The smallest absolute Gasteiger partial charge is 0.325 e. The van der Waals surface area contributed by atoms with Crippen molar-refractivity contribution in [3.63, 3.8) is 0 Å². The van der Waals surface area contributed by atoms with Crippen molar-refractivity contribution >= 4 is 18.1 Å². The van der Waals surface area contributed by atoms with Crippen LogP contribution in [0.4, 0.5) is 10.5 Å². The van der Waals surface area contributed by atoms with Crippen LogP contribution in [0.15, 0.2) is 24.3 Å². The fraction of sp³-hybridized carbons (Fsp3) is 0.667. The number of imide groups is 1. The minimum absolute atomic E-state index is 0.410. The maximum absolute atomic E-state index is 11.1. The number of hydrogen-bond donors (Lipinski definition) is 1. The second-order valence-electron chi connectivity index (χ2n) is 7.75. The van der Waals surface area contributed by atoms with Gasteiger partial charge in [-0.2, -0.15) is 0 Å². The number of benzene rings is 1. The molecule has 1 rings (SSSR count). The molecule has 0 unspecified atom stereocenters. The monoisotopic (exact) mass is 404 g/mol. The quantitative estimate of drug-likeness (QED) is 0.222. The number of carbonyl (C=O) groups is 2. The molecule has 2 N–H and O–H groups in total. The standard InChI is InChI=1S/C24H40N2O3/c1-2-3-4-5-6-7-8-9-10-11-12-13-14-15-20-29-23-18-16-22(17-19-23)26(21-27)24(25)28/h16-19,21H,2-15,20H2,1H3,(H2,25,28). The van der Waals surface area contributed by atoms with E-state index in [1.807, 2.05) is 0 Å². The summed E-state index contributed by atoms with van der Waals surface area (Å²) in [6.07, 6.45) is 19.2. The minimum atomic E-state index is -0.795. The molecule has 0 aliphatic heterocycles. The third kappa shape index (κ3) is 12.2. The lowest BCUT2D eigenvalue weighted by Gasteiger charge is -2.13. The van der Waals surface area contributed by atoms with Crippen LogP contribution in [0, 0.1) is 0 Å². The molecule has 29 heavy (non-hydrogen) atoms. The highest BCUT2D eigenvalue weighted by molar-refractivity contribution is 6.05. The number of ether oxygens (including phenoxy) is 1. The third-order valence-electron chi connectivity index (χ3n) is 5.22. The van der Waals surface area contributed by atoms with Crippen LogP contribution in [0.25, 0.3) is 0 Å². The fourth-order valence-electron chi connectivity index (χ4n) is 3.43. The van der Waals surface area contributed by atoms with Crippen molar-refractivity contribution in [3.05, 3.63) is 24.3 Å². The highest BCUT2D eigenvalue weighted by Crippen LogP contribution is 2.19. The Hall–Kier alpha value is -2.04. The van der Waals surface area contributed by atoms with Gasteiger partial charge in [0.2, 0.25) is 6.41 Å². The first kappa shape index (κ1) is 25.0. The number of carbonyl (C=O) groups excluding carboxylic acids is 2. The fourth-order valence-corrected chi connectivity index (χ4v) is 3.43. The van der Waals surface area contributed by atoms with Gasteiger partial charge in [-0.15, -0.1) is 0 Å². The molecule has 0 aliphatic carbocycles. The number of rotatable bonds is 18. The van der Waals surface area contributed by atoms with Gasteiger partial charge in [0, 0.05) is 0 Å². The van der Waals surface area contributed by atoms with E-state index in [1.165, 1.54) is 83.5 Å². The Bertz CT molecular complexity index is 546. The van der Waals surface area contributed by atoms with E-state index in [-0.39, 0.29) is 0 Å². The van der Waals surface area contributed by atoms with E-state index >= 15 is 0 Å². The summed E-state index contributed by atoms with van der Waals surface area (Å²) in [4.78, 5) is 22.8. The molecule has 0 fully saturated rings. The van der Waals surface area contributed by atoms with Gasteiger partial charge in [-0.25, -0.2) is 9.69 Å². The van der Waals surface area contributed by atoms with Crippen molar-refractivity contribution in [1.82, 2.24) is 0 Å². The molecule has 0 aliphatic rings. The lowest BCUT2D eigenvalue weighted by atomic mass is 10.0. The summed E-state index contributed by atoms with van der Waals surface area (Å²) in [5, 5.41) is 0. The second kappa shape index (κ2) is 16.9. The number of nitrogens with zero attached hydrogens (tertiary/aromatic N) is 1. The summed E-state index contributed by atoms with van der Waals surface area (Å²) < 4.78 is 5.72. The van der Waals surface area contributed by atoms with E-state index in [9.17, 15) is 9.59 Å². The number of urea groups is 1. The summed E-state index contributed by atoms with van der Waals surface area (Å²) in [7, 11) is 0. The number of hydrogen-bond acceptors (Lipinski definition) is 3. The van der Waals surface area contributed by atoms with Crippen molar-refractivity contribution in [2.75, 3.05) is 11.5 Å².